The van der Waals surface area contributed by atoms with E-state index in [1.165, 1.54) is 16.8 Å². The van der Waals surface area contributed by atoms with E-state index < -0.39 is 0 Å². The summed E-state index contributed by atoms with van der Waals surface area (Å²) in [5.41, 5.74) is 4.12. The molecule has 1 fully saturated rings. The maximum Gasteiger partial charge on any atom is 0.0638 e. The number of rotatable bonds is 3. The van der Waals surface area contributed by atoms with E-state index in [1.807, 2.05) is 0 Å². The molecule has 0 bridgehead atoms. The Labute approximate surface area is 116 Å². The van der Waals surface area contributed by atoms with Crippen molar-refractivity contribution in [2.24, 2.45) is 0 Å². The fourth-order valence-electron chi connectivity index (χ4n) is 3.05. The van der Waals surface area contributed by atoms with Crippen molar-refractivity contribution in [3.05, 3.63) is 29.3 Å². The van der Waals surface area contributed by atoms with Crippen LogP contribution in [-0.2, 0) is 6.42 Å². The Hall–Kier alpha value is -1.53. The Morgan fingerprint density at radius 3 is 2.89 bits per heavy atom. The van der Waals surface area contributed by atoms with Crippen molar-refractivity contribution in [2.45, 2.75) is 45.7 Å². The summed E-state index contributed by atoms with van der Waals surface area (Å²) in [5.74, 6) is 0. The van der Waals surface area contributed by atoms with E-state index >= 15 is 0 Å². The van der Waals surface area contributed by atoms with Gasteiger partial charge >= 0.3 is 0 Å². The van der Waals surface area contributed by atoms with Gasteiger partial charge < -0.3 is 10.2 Å². The van der Waals surface area contributed by atoms with Gasteiger partial charge in [-0.2, -0.15) is 5.26 Å². The highest BCUT2D eigenvalue weighted by atomic mass is 15.2. The van der Waals surface area contributed by atoms with Crippen molar-refractivity contribution >= 4 is 5.69 Å². The zero-order valence-electron chi connectivity index (χ0n) is 12.1. The summed E-state index contributed by atoms with van der Waals surface area (Å²) < 4.78 is 0. The Morgan fingerprint density at radius 2 is 2.21 bits per heavy atom. The third-order valence-corrected chi connectivity index (χ3v) is 3.81. The molecule has 1 aromatic carbocycles. The summed E-state index contributed by atoms with van der Waals surface area (Å²) in [6, 6.07) is 9.52. The van der Waals surface area contributed by atoms with Crippen molar-refractivity contribution in [1.29, 1.82) is 5.26 Å². The number of nitrogens with zero attached hydrogens (tertiary/aromatic N) is 2. The van der Waals surface area contributed by atoms with Gasteiger partial charge in [0.05, 0.1) is 12.5 Å². The first-order chi connectivity index (χ1) is 9.15. The van der Waals surface area contributed by atoms with Gasteiger partial charge in [-0.1, -0.05) is 25.1 Å². The summed E-state index contributed by atoms with van der Waals surface area (Å²) in [6.07, 6.45) is 1.63. The van der Waals surface area contributed by atoms with Gasteiger partial charge in [-0.3, -0.25) is 0 Å². The average molecular weight is 257 g/mol. The van der Waals surface area contributed by atoms with Crippen LogP contribution in [0.3, 0.4) is 0 Å². The van der Waals surface area contributed by atoms with Crippen LogP contribution >= 0.6 is 0 Å². The second kappa shape index (κ2) is 6.08. The molecule has 1 aliphatic heterocycles. The molecule has 0 aliphatic carbocycles. The summed E-state index contributed by atoms with van der Waals surface area (Å²) in [7, 11) is 0. The zero-order valence-corrected chi connectivity index (χ0v) is 12.1. The molecule has 1 N–H and O–H groups in total. The molecule has 1 aromatic rings. The Kier molecular flexibility index (Phi) is 4.44. The topological polar surface area (TPSA) is 39.1 Å². The molecular formula is C16H23N3. The molecular weight excluding hydrogens is 234 g/mol. The van der Waals surface area contributed by atoms with Crippen LogP contribution in [0.15, 0.2) is 18.2 Å². The first-order valence-corrected chi connectivity index (χ1v) is 7.12. The Bertz CT molecular complexity index is 475. The smallest absolute Gasteiger partial charge is 0.0638 e. The lowest BCUT2D eigenvalue weighted by molar-refractivity contribution is 0.390. The number of aryl methyl sites for hydroxylation is 2. The van der Waals surface area contributed by atoms with Crippen molar-refractivity contribution < 1.29 is 0 Å². The van der Waals surface area contributed by atoms with Crippen LogP contribution in [0, 0.1) is 18.3 Å². The highest BCUT2D eigenvalue weighted by Crippen LogP contribution is 2.27. The van der Waals surface area contributed by atoms with Gasteiger partial charge in [0, 0.05) is 30.9 Å². The van der Waals surface area contributed by atoms with E-state index in [4.69, 9.17) is 5.26 Å². The number of benzene rings is 1. The van der Waals surface area contributed by atoms with Crippen molar-refractivity contribution in [3.8, 4) is 6.07 Å². The average Bonchev–Trinajstić information content (AvgIpc) is 2.38. The molecule has 2 rings (SSSR count). The van der Waals surface area contributed by atoms with Crippen molar-refractivity contribution in [3.63, 3.8) is 0 Å². The highest BCUT2D eigenvalue weighted by molar-refractivity contribution is 5.60. The largest absolute Gasteiger partial charge is 0.368 e. The molecule has 1 aliphatic rings. The molecule has 1 saturated heterocycles. The van der Waals surface area contributed by atoms with Crippen LogP contribution in [0.1, 0.15) is 31.4 Å². The highest BCUT2D eigenvalue weighted by Gasteiger charge is 2.25. The molecule has 3 heteroatoms. The van der Waals surface area contributed by atoms with Gasteiger partial charge in [0.1, 0.15) is 0 Å². The van der Waals surface area contributed by atoms with Gasteiger partial charge in [0.15, 0.2) is 0 Å². The molecule has 2 unspecified atom stereocenters. The molecule has 1 heterocycles. The summed E-state index contributed by atoms with van der Waals surface area (Å²) in [5, 5.41) is 12.4. The molecule has 0 radical (unpaired) electrons. The third kappa shape index (κ3) is 3.08. The van der Waals surface area contributed by atoms with Crippen LogP contribution < -0.4 is 10.2 Å². The fraction of sp³-hybridized carbons (Fsp3) is 0.562. The normalized spacial score (nSPS) is 23.2. The van der Waals surface area contributed by atoms with E-state index in [0.717, 1.165) is 19.5 Å². The molecule has 102 valence electrons. The lowest BCUT2D eigenvalue weighted by Gasteiger charge is -2.40. The van der Waals surface area contributed by atoms with Gasteiger partial charge in [-0.15, -0.1) is 0 Å². The molecule has 0 saturated carbocycles. The van der Waals surface area contributed by atoms with Gasteiger partial charge in [0.25, 0.3) is 0 Å². The maximum atomic E-state index is 8.91. The minimum Gasteiger partial charge on any atom is -0.368 e. The van der Waals surface area contributed by atoms with E-state index in [0.29, 0.717) is 12.5 Å². The molecule has 0 amide bonds. The monoisotopic (exact) mass is 257 g/mol. The predicted molar refractivity (Wildman–Crippen MR) is 79.4 cm³/mol. The SMILES string of the molecule is CCc1cccc(C)c1N1CC(C)NC(CC#N)C1. The minimum atomic E-state index is 0.276. The van der Waals surface area contributed by atoms with Crippen LogP contribution in [-0.4, -0.2) is 25.2 Å². The predicted octanol–water partition coefficient (Wildman–Crippen LogP) is 2.64. The van der Waals surface area contributed by atoms with Crippen molar-refractivity contribution in [1.82, 2.24) is 5.32 Å². The molecule has 0 aromatic heterocycles. The second-order valence-corrected chi connectivity index (χ2v) is 5.47. The van der Waals surface area contributed by atoms with Crippen LogP contribution in [0.4, 0.5) is 5.69 Å². The number of hydrogen-bond donors (Lipinski definition) is 1. The third-order valence-electron chi connectivity index (χ3n) is 3.81. The van der Waals surface area contributed by atoms with E-state index in [-0.39, 0.29) is 6.04 Å². The number of anilines is 1. The minimum absolute atomic E-state index is 0.276. The lowest BCUT2D eigenvalue weighted by atomic mass is 10.0. The Morgan fingerprint density at radius 1 is 1.42 bits per heavy atom. The standard InChI is InChI=1S/C16H23N3/c1-4-14-7-5-6-12(2)16(14)19-10-13(3)18-15(11-19)8-9-17/h5-7,13,15,18H,4,8,10-11H2,1-3H3. The second-order valence-electron chi connectivity index (χ2n) is 5.47. The van der Waals surface area contributed by atoms with E-state index in [2.05, 4.69) is 55.3 Å². The summed E-state index contributed by atoms with van der Waals surface area (Å²) in [6.45, 7) is 8.52. The van der Waals surface area contributed by atoms with Gasteiger partial charge in [-0.05, 0) is 31.4 Å². The summed E-state index contributed by atoms with van der Waals surface area (Å²) >= 11 is 0. The van der Waals surface area contributed by atoms with Crippen LogP contribution in [0.2, 0.25) is 0 Å². The molecule has 19 heavy (non-hydrogen) atoms. The van der Waals surface area contributed by atoms with E-state index in [1.54, 1.807) is 0 Å². The number of nitrogens with one attached hydrogen (secondary N) is 1. The number of hydrogen-bond acceptors (Lipinski definition) is 3. The van der Waals surface area contributed by atoms with Gasteiger partial charge in [-0.25, -0.2) is 0 Å². The first kappa shape index (κ1) is 13.9. The number of nitriles is 1. The zero-order chi connectivity index (χ0) is 13.8. The quantitative estimate of drug-likeness (QED) is 0.904. The molecule has 2 atom stereocenters. The summed E-state index contributed by atoms with van der Waals surface area (Å²) in [4.78, 5) is 2.46. The molecule has 0 spiro atoms. The van der Waals surface area contributed by atoms with Crippen molar-refractivity contribution in [2.75, 3.05) is 18.0 Å². The van der Waals surface area contributed by atoms with E-state index in [9.17, 15) is 0 Å². The maximum absolute atomic E-state index is 8.91. The molecule has 3 nitrogen and oxygen atoms in total. The first-order valence-electron chi connectivity index (χ1n) is 7.12. The fourth-order valence-corrected chi connectivity index (χ4v) is 3.05. The van der Waals surface area contributed by atoms with Crippen LogP contribution in [0.25, 0.3) is 0 Å². The number of piperazine rings is 1. The Balaban J connectivity index is 2.28. The number of para-hydroxylation sites is 1. The van der Waals surface area contributed by atoms with Crippen LogP contribution in [0.5, 0.6) is 0 Å². The van der Waals surface area contributed by atoms with Gasteiger partial charge in [0.2, 0.25) is 0 Å². The lowest BCUT2D eigenvalue weighted by Crippen LogP contribution is -2.55.